The number of hydrogen-bond acceptors (Lipinski definition) is 5. The predicted molar refractivity (Wildman–Crippen MR) is 89.4 cm³/mol. The molecule has 0 amide bonds. The van der Waals surface area contributed by atoms with Gasteiger partial charge in [0.15, 0.2) is 0 Å². The fourth-order valence-electron chi connectivity index (χ4n) is 1.67. The molecule has 112 valence electrons. The number of aromatic nitrogens is 2. The Balaban J connectivity index is 2.35. The maximum Gasteiger partial charge on any atom is 0.224 e. The number of rotatable bonds is 5. The van der Waals surface area contributed by atoms with Gasteiger partial charge < -0.3 is 14.8 Å². The Bertz CT molecular complexity index is 628. The number of aryl methyl sites for hydroxylation is 1. The molecule has 21 heavy (non-hydrogen) atoms. The lowest BCUT2D eigenvalue weighted by Crippen LogP contribution is -2.01. The number of ether oxygens (including phenoxy) is 2. The average Bonchev–Trinajstić information content (AvgIpc) is 2.50. The van der Waals surface area contributed by atoms with Gasteiger partial charge in [-0.1, -0.05) is 6.92 Å². The zero-order valence-corrected chi connectivity index (χ0v) is 15.1. The highest BCUT2D eigenvalue weighted by molar-refractivity contribution is 9.11. The van der Waals surface area contributed by atoms with Crippen molar-refractivity contribution in [3.8, 4) is 17.4 Å². The number of benzene rings is 1. The van der Waals surface area contributed by atoms with Gasteiger partial charge in [-0.3, -0.25) is 0 Å². The van der Waals surface area contributed by atoms with Crippen LogP contribution >= 0.6 is 31.9 Å². The first-order chi connectivity index (χ1) is 10.1. The number of hydrogen-bond donors (Lipinski definition) is 1. The summed E-state index contributed by atoms with van der Waals surface area (Å²) in [7, 11) is 3.43. The van der Waals surface area contributed by atoms with E-state index in [0.29, 0.717) is 11.6 Å². The first-order valence-electron chi connectivity index (χ1n) is 6.34. The van der Waals surface area contributed by atoms with Gasteiger partial charge in [-0.15, -0.1) is 0 Å². The summed E-state index contributed by atoms with van der Waals surface area (Å²) in [6.45, 7) is 2.00. The lowest BCUT2D eigenvalue weighted by atomic mass is 10.3. The molecule has 0 aliphatic rings. The van der Waals surface area contributed by atoms with E-state index in [9.17, 15) is 0 Å². The second kappa shape index (κ2) is 7.09. The van der Waals surface area contributed by atoms with Crippen molar-refractivity contribution in [1.82, 2.24) is 9.97 Å². The van der Waals surface area contributed by atoms with Crippen molar-refractivity contribution in [3.05, 3.63) is 33.0 Å². The number of nitrogens with zero attached hydrogens (tertiary/aromatic N) is 2. The average molecular weight is 417 g/mol. The summed E-state index contributed by atoms with van der Waals surface area (Å²) in [5, 5.41) is 3.00. The summed E-state index contributed by atoms with van der Waals surface area (Å²) < 4.78 is 12.7. The van der Waals surface area contributed by atoms with Crippen LogP contribution in [0.1, 0.15) is 12.7 Å². The van der Waals surface area contributed by atoms with Crippen LogP contribution in [0.4, 0.5) is 5.82 Å². The molecular formula is C14H15Br2N3O2. The van der Waals surface area contributed by atoms with E-state index in [2.05, 4.69) is 47.1 Å². The maximum absolute atomic E-state index is 5.85. The summed E-state index contributed by atoms with van der Waals surface area (Å²) in [4.78, 5) is 8.70. The molecule has 0 aliphatic heterocycles. The minimum Gasteiger partial charge on any atom is -0.496 e. The van der Waals surface area contributed by atoms with E-state index in [0.717, 1.165) is 32.8 Å². The lowest BCUT2D eigenvalue weighted by Gasteiger charge is -2.11. The molecule has 7 heteroatoms. The number of methoxy groups -OCH3 is 1. The molecule has 1 aromatic carbocycles. The van der Waals surface area contributed by atoms with Crippen molar-refractivity contribution < 1.29 is 9.47 Å². The Hall–Kier alpha value is -1.34. The third-order valence-corrected chi connectivity index (χ3v) is 3.98. The van der Waals surface area contributed by atoms with Gasteiger partial charge in [0.1, 0.15) is 23.1 Å². The Morgan fingerprint density at radius 1 is 1.10 bits per heavy atom. The van der Waals surface area contributed by atoms with Crippen LogP contribution in [0.25, 0.3) is 0 Å². The van der Waals surface area contributed by atoms with Gasteiger partial charge in [-0.25, -0.2) is 4.98 Å². The smallest absolute Gasteiger partial charge is 0.224 e. The molecule has 0 fully saturated rings. The minimum absolute atomic E-state index is 0.490. The largest absolute Gasteiger partial charge is 0.496 e. The lowest BCUT2D eigenvalue weighted by molar-refractivity contribution is 0.408. The molecule has 0 radical (unpaired) electrons. The Kier molecular flexibility index (Phi) is 5.41. The zero-order chi connectivity index (χ0) is 15.4. The van der Waals surface area contributed by atoms with E-state index in [-0.39, 0.29) is 0 Å². The summed E-state index contributed by atoms with van der Waals surface area (Å²) in [5.74, 6) is 3.30. The fourth-order valence-corrected chi connectivity index (χ4v) is 2.56. The Labute approximate surface area is 140 Å². The number of halogens is 2. The van der Waals surface area contributed by atoms with E-state index in [1.54, 1.807) is 13.2 Å². The molecule has 5 nitrogen and oxygen atoms in total. The Morgan fingerprint density at radius 3 is 2.38 bits per heavy atom. The highest BCUT2D eigenvalue weighted by Gasteiger charge is 2.11. The van der Waals surface area contributed by atoms with Gasteiger partial charge >= 0.3 is 0 Å². The van der Waals surface area contributed by atoms with Gasteiger partial charge in [0.25, 0.3) is 0 Å². The SMILES string of the molecule is CCc1nc(NC)cc(Oc2cc(Br)c(OC)cc2Br)n1. The van der Waals surface area contributed by atoms with Crippen molar-refractivity contribution in [2.24, 2.45) is 0 Å². The predicted octanol–water partition coefficient (Wildman–Crippen LogP) is 4.41. The van der Waals surface area contributed by atoms with E-state index >= 15 is 0 Å². The normalized spacial score (nSPS) is 10.3. The van der Waals surface area contributed by atoms with Crippen LogP contribution in [0.5, 0.6) is 17.4 Å². The molecule has 2 aromatic rings. The van der Waals surface area contributed by atoms with Crippen LogP contribution in [0.3, 0.4) is 0 Å². The molecule has 0 saturated heterocycles. The number of nitrogens with one attached hydrogen (secondary N) is 1. The van der Waals surface area contributed by atoms with Crippen molar-refractivity contribution in [2.75, 3.05) is 19.5 Å². The summed E-state index contributed by atoms with van der Waals surface area (Å²) in [6, 6.07) is 5.42. The number of anilines is 1. The highest BCUT2D eigenvalue weighted by Crippen LogP contribution is 2.38. The van der Waals surface area contributed by atoms with Crippen LogP contribution < -0.4 is 14.8 Å². The third-order valence-electron chi connectivity index (χ3n) is 2.74. The van der Waals surface area contributed by atoms with Crippen LogP contribution in [-0.2, 0) is 6.42 Å². The summed E-state index contributed by atoms with van der Waals surface area (Å²) in [6.07, 6.45) is 0.735. The molecule has 1 aromatic heterocycles. The van der Waals surface area contributed by atoms with Gasteiger partial charge in [-0.2, -0.15) is 4.98 Å². The second-order valence-electron chi connectivity index (χ2n) is 4.13. The van der Waals surface area contributed by atoms with Crippen molar-refractivity contribution in [1.29, 1.82) is 0 Å². The van der Waals surface area contributed by atoms with Gasteiger partial charge in [0.2, 0.25) is 5.88 Å². The monoisotopic (exact) mass is 415 g/mol. The van der Waals surface area contributed by atoms with Crippen LogP contribution in [0.15, 0.2) is 27.1 Å². The van der Waals surface area contributed by atoms with Crippen molar-refractivity contribution >= 4 is 37.7 Å². The molecule has 0 saturated carbocycles. The van der Waals surface area contributed by atoms with Gasteiger partial charge in [-0.05, 0) is 44.0 Å². The highest BCUT2D eigenvalue weighted by atomic mass is 79.9. The molecule has 1 N–H and O–H groups in total. The molecule has 0 aliphatic carbocycles. The first kappa shape index (κ1) is 16.0. The second-order valence-corrected chi connectivity index (χ2v) is 5.84. The standard InChI is InChI=1S/C14H15Br2N3O2/c1-4-12-18-13(17-2)7-14(19-12)21-11-6-8(15)10(20-3)5-9(11)16/h5-7H,4H2,1-3H3,(H,17,18,19). The van der Waals surface area contributed by atoms with E-state index in [1.165, 1.54) is 0 Å². The molecular weight excluding hydrogens is 402 g/mol. The molecule has 1 heterocycles. The zero-order valence-electron chi connectivity index (χ0n) is 11.9. The molecule has 0 bridgehead atoms. The summed E-state index contributed by atoms with van der Waals surface area (Å²) in [5.41, 5.74) is 0. The minimum atomic E-state index is 0.490. The molecule has 0 unspecified atom stereocenters. The van der Waals surface area contributed by atoms with Gasteiger partial charge in [0, 0.05) is 19.5 Å². The van der Waals surface area contributed by atoms with Crippen LogP contribution in [0.2, 0.25) is 0 Å². The molecule has 0 spiro atoms. The quantitative estimate of drug-likeness (QED) is 0.782. The van der Waals surface area contributed by atoms with E-state index < -0.39 is 0 Å². The van der Waals surface area contributed by atoms with Gasteiger partial charge in [0.05, 0.1) is 16.1 Å². The van der Waals surface area contributed by atoms with E-state index in [4.69, 9.17) is 9.47 Å². The van der Waals surface area contributed by atoms with Crippen LogP contribution in [0, 0.1) is 0 Å². The van der Waals surface area contributed by atoms with Crippen LogP contribution in [-0.4, -0.2) is 24.1 Å². The topological polar surface area (TPSA) is 56.3 Å². The molecule has 0 atom stereocenters. The van der Waals surface area contributed by atoms with E-state index in [1.807, 2.05) is 26.1 Å². The molecule has 2 rings (SSSR count). The Morgan fingerprint density at radius 2 is 1.76 bits per heavy atom. The fraction of sp³-hybridized carbons (Fsp3) is 0.286. The van der Waals surface area contributed by atoms with Crippen molar-refractivity contribution in [2.45, 2.75) is 13.3 Å². The first-order valence-corrected chi connectivity index (χ1v) is 7.92. The van der Waals surface area contributed by atoms with Crippen molar-refractivity contribution in [3.63, 3.8) is 0 Å². The summed E-state index contributed by atoms with van der Waals surface area (Å²) >= 11 is 6.91. The third kappa shape index (κ3) is 3.85. The maximum atomic E-state index is 5.85.